The van der Waals surface area contributed by atoms with Crippen molar-refractivity contribution in [3.05, 3.63) is 101 Å². The minimum Gasteiger partial charge on any atom is -0.340 e. The maximum absolute atomic E-state index is 12.3. The molecule has 0 fully saturated rings. The first-order valence-electron chi connectivity index (χ1n) is 11.3. The van der Waals surface area contributed by atoms with E-state index in [0.717, 1.165) is 29.2 Å². The molecule has 0 atom stereocenters. The normalized spacial score (nSPS) is 10.6. The van der Waals surface area contributed by atoms with Gasteiger partial charge in [0.05, 0.1) is 0 Å². The fourth-order valence-corrected chi connectivity index (χ4v) is 3.59. The molecular formula is C28H29N5O. The summed E-state index contributed by atoms with van der Waals surface area (Å²) in [5, 5.41) is 9.52. The van der Waals surface area contributed by atoms with Crippen LogP contribution < -0.4 is 16.0 Å². The highest BCUT2D eigenvalue weighted by atomic mass is 16.1. The number of rotatable bonds is 8. The molecule has 0 saturated heterocycles. The van der Waals surface area contributed by atoms with Crippen molar-refractivity contribution in [2.75, 3.05) is 16.0 Å². The predicted octanol–water partition coefficient (Wildman–Crippen LogP) is 6.46. The second kappa shape index (κ2) is 10.6. The van der Waals surface area contributed by atoms with E-state index in [-0.39, 0.29) is 5.91 Å². The molecule has 172 valence electrons. The Kier molecular flexibility index (Phi) is 7.18. The highest BCUT2D eigenvalue weighted by molar-refractivity contribution is 5.91. The average molecular weight is 452 g/mol. The Balaban J connectivity index is 1.34. The molecule has 0 bridgehead atoms. The van der Waals surface area contributed by atoms with Crippen molar-refractivity contribution >= 4 is 34.7 Å². The fourth-order valence-electron chi connectivity index (χ4n) is 3.59. The largest absolute Gasteiger partial charge is 0.340 e. The zero-order valence-electron chi connectivity index (χ0n) is 19.7. The van der Waals surface area contributed by atoms with E-state index in [2.05, 4.69) is 58.0 Å². The topological polar surface area (TPSA) is 78.9 Å². The third kappa shape index (κ3) is 6.65. The number of nitrogens with zero attached hydrogens (tertiary/aromatic N) is 2. The van der Waals surface area contributed by atoms with Crippen molar-refractivity contribution in [1.29, 1.82) is 0 Å². The summed E-state index contributed by atoms with van der Waals surface area (Å²) in [7, 11) is 0. The summed E-state index contributed by atoms with van der Waals surface area (Å²) in [5.41, 5.74) is 7.00. The molecule has 0 spiro atoms. The van der Waals surface area contributed by atoms with Gasteiger partial charge in [0.2, 0.25) is 11.9 Å². The Morgan fingerprint density at radius 1 is 0.735 bits per heavy atom. The molecule has 1 heterocycles. The van der Waals surface area contributed by atoms with Gasteiger partial charge in [0.1, 0.15) is 5.82 Å². The van der Waals surface area contributed by atoms with Crippen LogP contribution in [0, 0.1) is 20.8 Å². The summed E-state index contributed by atoms with van der Waals surface area (Å²) in [6, 6.07) is 25.8. The molecule has 6 nitrogen and oxygen atoms in total. The first-order chi connectivity index (χ1) is 16.4. The third-order valence-electron chi connectivity index (χ3n) is 5.33. The third-order valence-corrected chi connectivity index (χ3v) is 5.33. The summed E-state index contributed by atoms with van der Waals surface area (Å²) in [5.74, 6) is 1.22. The molecule has 0 saturated carbocycles. The molecule has 0 aliphatic heterocycles. The van der Waals surface area contributed by atoms with Crippen LogP contribution >= 0.6 is 0 Å². The van der Waals surface area contributed by atoms with Crippen LogP contribution in [0.4, 0.5) is 28.8 Å². The first kappa shape index (κ1) is 23.0. The Morgan fingerprint density at radius 2 is 1.41 bits per heavy atom. The molecular weight excluding hydrogens is 422 g/mol. The van der Waals surface area contributed by atoms with Gasteiger partial charge in [-0.3, -0.25) is 4.79 Å². The summed E-state index contributed by atoms with van der Waals surface area (Å²) >= 11 is 0. The first-order valence-corrected chi connectivity index (χ1v) is 11.3. The number of nitrogens with one attached hydrogen (secondary N) is 3. The van der Waals surface area contributed by atoms with E-state index < -0.39 is 0 Å². The lowest BCUT2D eigenvalue weighted by atomic mass is 10.1. The molecule has 6 heteroatoms. The van der Waals surface area contributed by atoms with E-state index in [4.69, 9.17) is 0 Å². The van der Waals surface area contributed by atoms with Crippen molar-refractivity contribution in [3.63, 3.8) is 0 Å². The van der Waals surface area contributed by atoms with Crippen LogP contribution in [-0.4, -0.2) is 15.9 Å². The van der Waals surface area contributed by atoms with Gasteiger partial charge < -0.3 is 16.0 Å². The minimum absolute atomic E-state index is 0.000428. The molecule has 3 N–H and O–H groups in total. The van der Waals surface area contributed by atoms with E-state index in [0.29, 0.717) is 18.2 Å². The highest BCUT2D eigenvalue weighted by Crippen LogP contribution is 2.21. The second-order valence-electron chi connectivity index (χ2n) is 8.45. The summed E-state index contributed by atoms with van der Waals surface area (Å²) in [4.78, 5) is 21.4. The maximum atomic E-state index is 12.3. The summed E-state index contributed by atoms with van der Waals surface area (Å²) in [6.45, 7) is 6.04. The molecule has 0 aliphatic rings. The number of carbonyl (C=O) groups excluding carboxylic acids is 1. The number of hydrogen-bond acceptors (Lipinski definition) is 5. The van der Waals surface area contributed by atoms with E-state index >= 15 is 0 Å². The quantitative estimate of drug-likeness (QED) is 0.286. The van der Waals surface area contributed by atoms with Gasteiger partial charge in [0.15, 0.2) is 0 Å². The van der Waals surface area contributed by atoms with Crippen LogP contribution in [-0.2, 0) is 11.2 Å². The van der Waals surface area contributed by atoms with Crippen molar-refractivity contribution in [1.82, 2.24) is 9.97 Å². The van der Waals surface area contributed by atoms with Crippen LogP contribution in [0.25, 0.3) is 0 Å². The Morgan fingerprint density at radius 3 is 2.15 bits per heavy atom. The molecule has 0 aliphatic carbocycles. The zero-order valence-corrected chi connectivity index (χ0v) is 19.7. The van der Waals surface area contributed by atoms with Crippen LogP contribution in [0.15, 0.2) is 78.9 Å². The smallest absolute Gasteiger partial charge is 0.229 e. The monoisotopic (exact) mass is 451 g/mol. The number of anilines is 5. The SMILES string of the molecule is Cc1ccc(Nc2nc(C)cc(Nc3ccc(NC(=O)CCc4cccc(C)c4)cc3)n2)cc1. The van der Waals surface area contributed by atoms with Crippen LogP contribution in [0.3, 0.4) is 0 Å². The average Bonchev–Trinajstić information content (AvgIpc) is 2.80. The van der Waals surface area contributed by atoms with Gasteiger partial charge in [-0.1, -0.05) is 47.5 Å². The highest BCUT2D eigenvalue weighted by Gasteiger charge is 2.06. The van der Waals surface area contributed by atoms with Gasteiger partial charge in [-0.15, -0.1) is 0 Å². The van der Waals surface area contributed by atoms with E-state index in [1.807, 2.05) is 67.6 Å². The molecule has 34 heavy (non-hydrogen) atoms. The molecule has 3 aromatic carbocycles. The molecule has 1 aromatic heterocycles. The minimum atomic E-state index is 0.000428. The zero-order chi connectivity index (χ0) is 23.9. The number of hydrogen-bond donors (Lipinski definition) is 3. The van der Waals surface area contributed by atoms with Gasteiger partial charge >= 0.3 is 0 Å². The maximum Gasteiger partial charge on any atom is 0.229 e. The standard InChI is InChI=1S/C28H29N5O/c1-19-7-10-25(11-8-19)32-28-29-21(3)18-26(33-28)30-23-12-14-24(15-13-23)31-27(34)16-9-22-6-4-5-20(2)17-22/h4-8,10-15,17-18H,9,16H2,1-3H3,(H,31,34)(H2,29,30,32,33). The van der Waals surface area contributed by atoms with Gasteiger partial charge in [-0.2, -0.15) is 4.98 Å². The predicted molar refractivity (Wildman–Crippen MR) is 139 cm³/mol. The number of carbonyl (C=O) groups is 1. The second-order valence-corrected chi connectivity index (χ2v) is 8.45. The number of aryl methyl sites for hydroxylation is 4. The number of aromatic nitrogens is 2. The van der Waals surface area contributed by atoms with Crippen LogP contribution in [0.2, 0.25) is 0 Å². The fraction of sp³-hybridized carbons (Fsp3) is 0.179. The van der Waals surface area contributed by atoms with Gasteiger partial charge in [-0.05, 0) is 69.2 Å². The van der Waals surface area contributed by atoms with E-state index in [9.17, 15) is 4.79 Å². The lowest BCUT2D eigenvalue weighted by Crippen LogP contribution is -2.12. The van der Waals surface area contributed by atoms with Crippen molar-refractivity contribution in [2.45, 2.75) is 33.6 Å². The van der Waals surface area contributed by atoms with Gasteiger partial charge in [0.25, 0.3) is 0 Å². The lowest BCUT2D eigenvalue weighted by molar-refractivity contribution is -0.116. The molecule has 4 aromatic rings. The van der Waals surface area contributed by atoms with Crippen molar-refractivity contribution < 1.29 is 4.79 Å². The summed E-state index contributed by atoms with van der Waals surface area (Å²) in [6.07, 6.45) is 1.17. The van der Waals surface area contributed by atoms with E-state index in [1.54, 1.807) is 0 Å². The Hall–Kier alpha value is -4.19. The molecule has 4 rings (SSSR count). The van der Waals surface area contributed by atoms with Crippen molar-refractivity contribution in [2.24, 2.45) is 0 Å². The number of amides is 1. The van der Waals surface area contributed by atoms with Crippen LogP contribution in [0.5, 0.6) is 0 Å². The summed E-state index contributed by atoms with van der Waals surface area (Å²) < 4.78 is 0. The van der Waals surface area contributed by atoms with Gasteiger partial charge in [-0.25, -0.2) is 4.98 Å². The van der Waals surface area contributed by atoms with Gasteiger partial charge in [0, 0.05) is 35.2 Å². The molecule has 0 radical (unpaired) electrons. The molecule has 1 amide bonds. The van der Waals surface area contributed by atoms with Crippen molar-refractivity contribution in [3.8, 4) is 0 Å². The lowest BCUT2D eigenvalue weighted by Gasteiger charge is -2.11. The van der Waals surface area contributed by atoms with E-state index in [1.165, 1.54) is 16.7 Å². The molecule has 0 unspecified atom stereocenters. The Labute approximate surface area is 200 Å². The van der Waals surface area contributed by atoms with Crippen LogP contribution in [0.1, 0.15) is 28.8 Å². The number of benzene rings is 3. The Bertz CT molecular complexity index is 1270.